The number of likely N-dealkylation sites (N-methyl/N-ethyl adjacent to an activating group) is 2. The average Bonchev–Trinajstić information content (AvgIpc) is 2.79. The highest BCUT2D eigenvalue weighted by atomic mass is 16.2. The van der Waals surface area contributed by atoms with Crippen molar-refractivity contribution in [1.82, 2.24) is 20.1 Å². The van der Waals surface area contributed by atoms with Crippen LogP contribution in [0.15, 0.2) is 58.3 Å². The molecule has 170 valence electrons. The number of carbonyl (C=O) groups excluding carboxylic acids is 1. The Morgan fingerprint density at radius 2 is 1.91 bits per heavy atom. The smallest absolute Gasteiger partial charge is 0.271 e. The van der Waals surface area contributed by atoms with E-state index in [4.69, 9.17) is 0 Å². The van der Waals surface area contributed by atoms with E-state index in [9.17, 15) is 9.59 Å². The molecule has 0 aliphatic carbocycles. The Balaban J connectivity index is 1.73. The zero-order chi connectivity index (χ0) is 23.3. The molecule has 2 heterocycles. The van der Waals surface area contributed by atoms with Gasteiger partial charge in [0.15, 0.2) is 0 Å². The first kappa shape index (κ1) is 23.1. The Hall–Kier alpha value is -3.59. The zero-order valence-corrected chi connectivity index (χ0v) is 19.2. The lowest BCUT2D eigenvalue weighted by molar-refractivity contribution is 0.102. The van der Waals surface area contributed by atoms with Crippen molar-refractivity contribution in [2.75, 3.05) is 58.5 Å². The molecule has 32 heavy (non-hydrogen) atoms. The first-order chi connectivity index (χ1) is 15.3. The zero-order valence-electron chi connectivity index (χ0n) is 19.2. The topological polar surface area (TPSA) is 96.1 Å². The maximum absolute atomic E-state index is 12.8. The summed E-state index contributed by atoms with van der Waals surface area (Å²) in [5, 5.41) is 5.82. The van der Waals surface area contributed by atoms with Crippen LogP contribution in [0.3, 0.4) is 0 Å². The lowest BCUT2D eigenvalue weighted by atomic mass is 10.1. The van der Waals surface area contributed by atoms with Crippen LogP contribution in [0.25, 0.3) is 0 Å². The van der Waals surface area contributed by atoms with Crippen molar-refractivity contribution >= 4 is 23.5 Å². The molecule has 1 unspecified atom stereocenters. The molecular formula is C23H31N7O2. The second-order valence-corrected chi connectivity index (χ2v) is 8.02. The molecule has 1 aromatic heterocycles. The molecule has 1 amide bonds. The number of rotatable bonds is 8. The van der Waals surface area contributed by atoms with Gasteiger partial charge in [0.25, 0.3) is 11.5 Å². The minimum absolute atomic E-state index is 0.174. The number of amides is 1. The van der Waals surface area contributed by atoms with Crippen LogP contribution in [0, 0.1) is 0 Å². The van der Waals surface area contributed by atoms with Gasteiger partial charge >= 0.3 is 0 Å². The highest BCUT2D eigenvalue weighted by Crippen LogP contribution is 2.24. The third-order valence-electron chi connectivity index (χ3n) is 5.45. The summed E-state index contributed by atoms with van der Waals surface area (Å²) < 4.78 is 0. The van der Waals surface area contributed by atoms with E-state index in [0.29, 0.717) is 5.56 Å². The summed E-state index contributed by atoms with van der Waals surface area (Å²) in [7, 11) is 9.84. The van der Waals surface area contributed by atoms with Crippen LogP contribution in [0.1, 0.15) is 22.0 Å². The number of aromatic amines is 1. The highest BCUT2D eigenvalue weighted by molar-refractivity contribution is 6.04. The van der Waals surface area contributed by atoms with Crippen molar-refractivity contribution in [2.45, 2.75) is 6.04 Å². The van der Waals surface area contributed by atoms with Crippen molar-refractivity contribution < 1.29 is 4.79 Å². The average molecular weight is 438 g/mol. The standard InChI is InChI=1S/C23H31N7O2/c1-24-21-15-25-14-20(30(21)5)17-12-19(23(32)26-13-17)27-22(31)16-6-8-18(9-7-16)29(4)11-10-28(2)3/h6-9,12-15,20,24H,10-11H2,1-5H3,(H,26,32)(H,27,31). The Morgan fingerprint density at radius 3 is 2.56 bits per heavy atom. The number of H-pyrrole nitrogens is 1. The minimum Gasteiger partial charge on any atom is -0.374 e. The van der Waals surface area contributed by atoms with E-state index >= 15 is 0 Å². The molecular weight excluding hydrogens is 406 g/mol. The van der Waals surface area contributed by atoms with Gasteiger partial charge in [-0.2, -0.15) is 0 Å². The van der Waals surface area contributed by atoms with Gasteiger partial charge in [0.05, 0.1) is 12.2 Å². The van der Waals surface area contributed by atoms with Crippen molar-refractivity contribution in [3.05, 3.63) is 70.0 Å². The number of nitrogens with one attached hydrogen (secondary N) is 3. The number of hydrogen-bond donors (Lipinski definition) is 3. The monoisotopic (exact) mass is 437 g/mol. The number of hydrogen-bond acceptors (Lipinski definition) is 7. The normalized spacial score (nSPS) is 15.5. The number of pyridine rings is 1. The predicted octanol–water partition coefficient (Wildman–Crippen LogP) is 1.70. The van der Waals surface area contributed by atoms with Crippen LogP contribution in [-0.4, -0.2) is 75.2 Å². The van der Waals surface area contributed by atoms with Crippen LogP contribution < -0.4 is 21.1 Å². The third-order valence-corrected chi connectivity index (χ3v) is 5.45. The maximum Gasteiger partial charge on any atom is 0.271 e. The van der Waals surface area contributed by atoms with Gasteiger partial charge in [-0.05, 0) is 50.0 Å². The predicted molar refractivity (Wildman–Crippen MR) is 129 cm³/mol. The van der Waals surface area contributed by atoms with Gasteiger partial charge in [-0.1, -0.05) is 0 Å². The molecule has 1 atom stereocenters. The van der Waals surface area contributed by atoms with E-state index in [-0.39, 0.29) is 23.2 Å². The molecule has 2 aromatic rings. The van der Waals surface area contributed by atoms with E-state index in [1.807, 2.05) is 52.3 Å². The second-order valence-electron chi connectivity index (χ2n) is 8.02. The van der Waals surface area contributed by atoms with E-state index in [0.717, 1.165) is 30.2 Å². The number of anilines is 2. The minimum atomic E-state index is -0.359. The largest absolute Gasteiger partial charge is 0.374 e. The highest BCUT2D eigenvalue weighted by Gasteiger charge is 2.21. The summed E-state index contributed by atoms with van der Waals surface area (Å²) >= 11 is 0. The van der Waals surface area contributed by atoms with E-state index in [1.54, 1.807) is 36.8 Å². The summed E-state index contributed by atoms with van der Waals surface area (Å²) in [6.45, 7) is 1.81. The summed E-state index contributed by atoms with van der Waals surface area (Å²) in [5.41, 5.74) is 2.15. The van der Waals surface area contributed by atoms with Gasteiger partial charge in [0.2, 0.25) is 0 Å². The fourth-order valence-electron chi connectivity index (χ4n) is 3.39. The SMILES string of the molecule is CNC1=CN=CC(c2c[nH]c(=O)c(NC(=O)c3ccc(N(C)CCN(C)C)cc3)c2)N1C. The van der Waals surface area contributed by atoms with Crippen LogP contribution in [0.2, 0.25) is 0 Å². The maximum atomic E-state index is 12.8. The number of nitrogens with zero attached hydrogens (tertiary/aromatic N) is 4. The van der Waals surface area contributed by atoms with E-state index in [1.165, 1.54) is 0 Å². The first-order valence-electron chi connectivity index (χ1n) is 10.4. The Kier molecular flexibility index (Phi) is 7.32. The number of aromatic nitrogens is 1. The summed E-state index contributed by atoms with van der Waals surface area (Å²) in [6, 6.07) is 8.85. The second kappa shape index (κ2) is 10.1. The van der Waals surface area contributed by atoms with Crippen molar-refractivity contribution in [3.63, 3.8) is 0 Å². The summed E-state index contributed by atoms with van der Waals surface area (Å²) in [6.07, 6.45) is 5.15. The van der Waals surface area contributed by atoms with Gasteiger partial charge in [0, 0.05) is 57.9 Å². The molecule has 0 saturated heterocycles. The van der Waals surface area contributed by atoms with Gasteiger partial charge in [-0.3, -0.25) is 14.6 Å². The van der Waals surface area contributed by atoms with Crippen LogP contribution in [0.4, 0.5) is 11.4 Å². The van der Waals surface area contributed by atoms with Crippen LogP contribution >= 0.6 is 0 Å². The van der Waals surface area contributed by atoms with Crippen molar-refractivity contribution in [2.24, 2.45) is 4.99 Å². The molecule has 1 aliphatic heterocycles. The summed E-state index contributed by atoms with van der Waals surface area (Å²) in [5.74, 6) is 0.515. The molecule has 0 fully saturated rings. The Morgan fingerprint density at radius 1 is 1.19 bits per heavy atom. The third kappa shape index (κ3) is 5.36. The van der Waals surface area contributed by atoms with Crippen molar-refractivity contribution in [3.8, 4) is 0 Å². The van der Waals surface area contributed by atoms with E-state index < -0.39 is 0 Å². The summed E-state index contributed by atoms with van der Waals surface area (Å²) in [4.78, 5) is 38.3. The van der Waals surface area contributed by atoms with Gasteiger partial charge < -0.3 is 30.3 Å². The molecule has 0 radical (unpaired) electrons. The quantitative estimate of drug-likeness (QED) is 0.582. The molecule has 9 heteroatoms. The fraction of sp³-hybridized carbons (Fsp3) is 0.348. The molecule has 1 aromatic carbocycles. The molecule has 0 spiro atoms. The molecule has 3 N–H and O–H groups in total. The number of carbonyl (C=O) groups is 1. The molecule has 0 bridgehead atoms. The number of benzene rings is 1. The van der Waals surface area contributed by atoms with Crippen molar-refractivity contribution in [1.29, 1.82) is 0 Å². The van der Waals surface area contributed by atoms with Crippen LogP contribution in [-0.2, 0) is 0 Å². The van der Waals surface area contributed by atoms with Crippen LogP contribution in [0.5, 0.6) is 0 Å². The first-order valence-corrected chi connectivity index (χ1v) is 10.4. The lowest BCUT2D eigenvalue weighted by Crippen LogP contribution is -2.33. The molecule has 0 saturated carbocycles. The van der Waals surface area contributed by atoms with Gasteiger partial charge in [-0.25, -0.2) is 0 Å². The fourth-order valence-corrected chi connectivity index (χ4v) is 3.39. The Labute approximate surface area is 188 Å². The number of aliphatic imine (C=N–C) groups is 1. The molecule has 9 nitrogen and oxygen atoms in total. The lowest BCUT2D eigenvalue weighted by Gasteiger charge is -2.31. The van der Waals surface area contributed by atoms with Gasteiger partial charge in [0.1, 0.15) is 11.5 Å². The van der Waals surface area contributed by atoms with Gasteiger partial charge in [-0.15, -0.1) is 0 Å². The Bertz CT molecular complexity index is 1060. The van der Waals surface area contributed by atoms with E-state index in [2.05, 4.69) is 30.4 Å². The molecule has 3 rings (SSSR count). The molecule has 1 aliphatic rings.